The molecular formula is C11H22N2O2S. The fourth-order valence-electron chi connectivity index (χ4n) is 1.28. The molecule has 0 aromatic heterocycles. The van der Waals surface area contributed by atoms with Crippen molar-refractivity contribution in [2.75, 3.05) is 18.1 Å². The quantitative estimate of drug-likeness (QED) is 0.673. The van der Waals surface area contributed by atoms with E-state index in [2.05, 4.69) is 10.6 Å². The number of hydrogen-bond acceptors (Lipinski definition) is 4. The Balaban J connectivity index is 2.56. The van der Waals surface area contributed by atoms with Crippen molar-refractivity contribution >= 4 is 17.7 Å². The van der Waals surface area contributed by atoms with Crippen molar-refractivity contribution in [1.29, 1.82) is 0 Å². The first-order chi connectivity index (χ1) is 7.24. The average Bonchev–Trinajstić information content (AvgIpc) is 2.16. The van der Waals surface area contributed by atoms with Crippen molar-refractivity contribution in [2.24, 2.45) is 0 Å². The Labute approximate surface area is 102 Å². The fraction of sp³-hybridized carbons (Fsp3) is 0.909. The summed E-state index contributed by atoms with van der Waals surface area (Å²) in [5.41, 5.74) is -1.57. The number of hydrogen-bond donors (Lipinski definition) is 3. The normalized spacial score (nSPS) is 22.9. The van der Waals surface area contributed by atoms with Crippen LogP contribution in [0.5, 0.6) is 0 Å². The first-order valence-corrected chi connectivity index (χ1v) is 6.75. The Kier molecular flexibility index (Phi) is 4.26. The number of aliphatic hydroxyl groups is 1. The lowest BCUT2D eigenvalue weighted by Gasteiger charge is -2.39. The topological polar surface area (TPSA) is 61.4 Å². The molecule has 5 heteroatoms. The number of nitrogens with one attached hydrogen (secondary N) is 2. The molecule has 0 aromatic rings. The minimum absolute atomic E-state index is 0.0284. The van der Waals surface area contributed by atoms with E-state index in [0.717, 1.165) is 18.1 Å². The van der Waals surface area contributed by atoms with Crippen molar-refractivity contribution < 1.29 is 9.90 Å². The second kappa shape index (κ2) is 4.94. The molecule has 94 valence electrons. The summed E-state index contributed by atoms with van der Waals surface area (Å²) in [5, 5.41) is 16.0. The summed E-state index contributed by atoms with van der Waals surface area (Å²) in [6, 6.07) is -0.139. The minimum Gasteiger partial charge on any atom is -0.388 e. The van der Waals surface area contributed by atoms with Crippen LogP contribution in [0.25, 0.3) is 0 Å². The third-order valence-corrected chi connectivity index (χ3v) is 4.27. The van der Waals surface area contributed by atoms with Crippen molar-refractivity contribution in [2.45, 2.75) is 44.9 Å². The lowest BCUT2D eigenvalue weighted by molar-refractivity contribution is -0.127. The lowest BCUT2D eigenvalue weighted by atomic mass is 9.86. The molecule has 1 rings (SSSR count). The molecule has 1 amide bonds. The van der Waals surface area contributed by atoms with Crippen LogP contribution in [0.1, 0.15) is 27.7 Å². The van der Waals surface area contributed by atoms with Crippen LogP contribution in [-0.2, 0) is 4.79 Å². The third-order valence-electron chi connectivity index (χ3n) is 3.20. The summed E-state index contributed by atoms with van der Waals surface area (Å²) >= 11 is 1.78. The predicted molar refractivity (Wildman–Crippen MR) is 67.6 cm³/mol. The zero-order valence-corrected chi connectivity index (χ0v) is 11.3. The largest absolute Gasteiger partial charge is 0.388 e. The predicted octanol–water partition coefficient (Wildman–Crippen LogP) is 0.357. The Morgan fingerprint density at radius 3 is 2.50 bits per heavy atom. The molecule has 0 aromatic carbocycles. The van der Waals surface area contributed by atoms with Gasteiger partial charge in [-0.3, -0.25) is 4.79 Å². The Morgan fingerprint density at radius 2 is 2.06 bits per heavy atom. The number of amides is 1. The Hall–Kier alpha value is -0.260. The van der Waals surface area contributed by atoms with Gasteiger partial charge in [0.25, 0.3) is 0 Å². The average molecular weight is 246 g/mol. The smallest absolute Gasteiger partial charge is 0.238 e. The molecule has 16 heavy (non-hydrogen) atoms. The van der Waals surface area contributed by atoms with E-state index in [-0.39, 0.29) is 11.9 Å². The minimum atomic E-state index is -0.940. The van der Waals surface area contributed by atoms with Gasteiger partial charge in [-0.15, -0.1) is 0 Å². The van der Waals surface area contributed by atoms with Gasteiger partial charge in [-0.25, -0.2) is 0 Å². The van der Waals surface area contributed by atoms with Crippen LogP contribution in [0.15, 0.2) is 0 Å². The molecule has 0 saturated carbocycles. The van der Waals surface area contributed by atoms with E-state index in [4.69, 9.17) is 0 Å². The van der Waals surface area contributed by atoms with Crippen LogP contribution >= 0.6 is 11.8 Å². The summed E-state index contributed by atoms with van der Waals surface area (Å²) < 4.78 is 0. The molecule has 1 unspecified atom stereocenters. The van der Waals surface area contributed by atoms with E-state index in [1.165, 1.54) is 0 Å². The van der Waals surface area contributed by atoms with Gasteiger partial charge in [-0.05, 0) is 27.7 Å². The Morgan fingerprint density at radius 1 is 1.44 bits per heavy atom. The molecule has 0 radical (unpaired) electrons. The highest BCUT2D eigenvalue weighted by Crippen LogP contribution is 2.21. The molecule has 4 nitrogen and oxygen atoms in total. The van der Waals surface area contributed by atoms with Crippen molar-refractivity contribution in [3.8, 4) is 0 Å². The maximum absolute atomic E-state index is 12.0. The van der Waals surface area contributed by atoms with Crippen LogP contribution in [-0.4, -0.2) is 46.2 Å². The second-order valence-electron chi connectivity index (χ2n) is 5.25. The fourth-order valence-corrected chi connectivity index (χ4v) is 2.22. The van der Waals surface area contributed by atoms with Gasteiger partial charge in [-0.2, -0.15) is 11.8 Å². The number of carbonyl (C=O) groups excluding carboxylic acids is 1. The second-order valence-corrected chi connectivity index (χ2v) is 6.40. The van der Waals surface area contributed by atoms with Crippen LogP contribution in [0.3, 0.4) is 0 Å². The van der Waals surface area contributed by atoms with Crippen LogP contribution in [0.4, 0.5) is 0 Å². The van der Waals surface area contributed by atoms with E-state index >= 15 is 0 Å². The zero-order chi connectivity index (χ0) is 12.4. The van der Waals surface area contributed by atoms with Crippen molar-refractivity contribution in [1.82, 2.24) is 10.6 Å². The monoisotopic (exact) mass is 246 g/mol. The van der Waals surface area contributed by atoms with Gasteiger partial charge in [0.05, 0.1) is 17.2 Å². The number of thioether (sulfide) groups is 1. The maximum Gasteiger partial charge on any atom is 0.238 e. The van der Waals surface area contributed by atoms with Gasteiger partial charge >= 0.3 is 0 Å². The summed E-state index contributed by atoms with van der Waals surface area (Å²) in [4.78, 5) is 12.0. The SMILES string of the molecule is CC(C)(O)C(C)(C)NC(=O)C1CSCCN1. The molecule has 1 aliphatic rings. The van der Waals surface area contributed by atoms with Crippen molar-refractivity contribution in [3.63, 3.8) is 0 Å². The molecule has 1 atom stereocenters. The highest BCUT2D eigenvalue weighted by Gasteiger charge is 2.37. The van der Waals surface area contributed by atoms with Gasteiger partial charge in [0.15, 0.2) is 0 Å². The van der Waals surface area contributed by atoms with E-state index in [1.807, 2.05) is 13.8 Å². The maximum atomic E-state index is 12.0. The molecule has 3 N–H and O–H groups in total. The van der Waals surface area contributed by atoms with E-state index in [9.17, 15) is 9.90 Å². The molecule has 1 heterocycles. The number of rotatable bonds is 3. The molecule has 0 aliphatic carbocycles. The van der Waals surface area contributed by atoms with E-state index in [1.54, 1.807) is 25.6 Å². The molecular weight excluding hydrogens is 224 g/mol. The summed E-state index contributed by atoms with van der Waals surface area (Å²) in [6.45, 7) is 7.94. The first-order valence-electron chi connectivity index (χ1n) is 5.59. The van der Waals surface area contributed by atoms with Crippen LogP contribution < -0.4 is 10.6 Å². The zero-order valence-electron chi connectivity index (χ0n) is 10.5. The molecule has 1 aliphatic heterocycles. The lowest BCUT2D eigenvalue weighted by Crippen LogP contribution is -2.62. The van der Waals surface area contributed by atoms with E-state index in [0.29, 0.717) is 0 Å². The van der Waals surface area contributed by atoms with Gasteiger partial charge in [0.2, 0.25) is 5.91 Å². The summed E-state index contributed by atoms with van der Waals surface area (Å²) in [5.74, 6) is 1.83. The Bertz CT molecular complexity index is 255. The summed E-state index contributed by atoms with van der Waals surface area (Å²) in [7, 11) is 0. The van der Waals surface area contributed by atoms with Crippen LogP contribution in [0.2, 0.25) is 0 Å². The standard InChI is InChI=1S/C11H22N2O2S/c1-10(2,11(3,4)15)13-9(14)8-7-16-6-5-12-8/h8,12,15H,5-7H2,1-4H3,(H,13,14). The van der Waals surface area contributed by atoms with Gasteiger partial charge in [0.1, 0.15) is 0 Å². The molecule has 0 bridgehead atoms. The highest BCUT2D eigenvalue weighted by atomic mass is 32.2. The van der Waals surface area contributed by atoms with Gasteiger partial charge < -0.3 is 15.7 Å². The van der Waals surface area contributed by atoms with Crippen LogP contribution in [0, 0.1) is 0 Å². The molecule has 1 fully saturated rings. The van der Waals surface area contributed by atoms with Gasteiger partial charge in [0, 0.05) is 18.1 Å². The first kappa shape index (κ1) is 13.8. The van der Waals surface area contributed by atoms with Crippen molar-refractivity contribution in [3.05, 3.63) is 0 Å². The molecule has 0 spiro atoms. The highest BCUT2D eigenvalue weighted by molar-refractivity contribution is 7.99. The van der Waals surface area contributed by atoms with Gasteiger partial charge in [-0.1, -0.05) is 0 Å². The van der Waals surface area contributed by atoms with E-state index < -0.39 is 11.1 Å². The molecule has 1 saturated heterocycles. The summed E-state index contributed by atoms with van der Waals surface area (Å²) in [6.07, 6.45) is 0. The third kappa shape index (κ3) is 3.37. The number of carbonyl (C=O) groups is 1.